The smallest absolute Gasteiger partial charge is 0.429 e. The highest BCUT2D eigenvalue weighted by Crippen LogP contribution is 2.41. The summed E-state index contributed by atoms with van der Waals surface area (Å²) in [6.07, 6.45) is 0.0287. The number of hydrogen-bond acceptors (Lipinski definition) is 1. The van der Waals surface area contributed by atoms with E-state index in [9.17, 15) is 26.3 Å². The Morgan fingerprint density at radius 3 is 1.94 bits per heavy atom. The van der Waals surface area contributed by atoms with Crippen LogP contribution in [0.25, 0.3) is 11.1 Å². The van der Waals surface area contributed by atoms with Gasteiger partial charge in [-0.05, 0) is 66.8 Å². The van der Waals surface area contributed by atoms with Crippen LogP contribution in [0.15, 0.2) is 48.5 Å². The van der Waals surface area contributed by atoms with E-state index in [0.29, 0.717) is 29.5 Å². The van der Waals surface area contributed by atoms with Gasteiger partial charge < -0.3 is 4.74 Å². The van der Waals surface area contributed by atoms with Crippen LogP contribution in [0.1, 0.15) is 55.2 Å². The third-order valence-corrected chi connectivity index (χ3v) is 6.67. The molecule has 1 fully saturated rings. The van der Waals surface area contributed by atoms with Crippen LogP contribution in [0.3, 0.4) is 0 Å². The van der Waals surface area contributed by atoms with E-state index in [1.165, 1.54) is 6.42 Å². The number of halogens is 6. The Morgan fingerprint density at radius 2 is 1.41 bits per heavy atom. The summed E-state index contributed by atoms with van der Waals surface area (Å²) in [5, 5.41) is 0. The van der Waals surface area contributed by atoms with Crippen LogP contribution in [0, 0.1) is 36.1 Å². The van der Waals surface area contributed by atoms with Crippen molar-refractivity contribution in [2.75, 3.05) is 0 Å². The molecule has 34 heavy (non-hydrogen) atoms. The van der Waals surface area contributed by atoms with Crippen LogP contribution in [-0.2, 0) is 6.11 Å². The van der Waals surface area contributed by atoms with Crippen LogP contribution in [-0.4, -0.2) is 0 Å². The molecular weight excluding hydrogens is 454 g/mol. The van der Waals surface area contributed by atoms with Crippen LogP contribution >= 0.6 is 0 Å². The van der Waals surface area contributed by atoms with Crippen LogP contribution < -0.4 is 4.74 Å². The van der Waals surface area contributed by atoms with E-state index in [1.54, 1.807) is 12.1 Å². The van der Waals surface area contributed by atoms with Crippen molar-refractivity contribution in [2.24, 2.45) is 5.92 Å². The molecule has 2 atom stereocenters. The van der Waals surface area contributed by atoms with Gasteiger partial charge in [0.15, 0.2) is 0 Å². The predicted molar refractivity (Wildman–Crippen MR) is 118 cm³/mol. The topological polar surface area (TPSA) is 9.23 Å². The average Bonchev–Trinajstić information content (AvgIpc) is 3.26. The Balaban J connectivity index is 1.58. The first-order chi connectivity index (χ1) is 16.1. The van der Waals surface area contributed by atoms with E-state index < -0.39 is 40.7 Å². The molecule has 0 spiro atoms. The third kappa shape index (κ3) is 4.79. The maximum Gasteiger partial charge on any atom is 0.432 e. The summed E-state index contributed by atoms with van der Waals surface area (Å²) in [6, 6.07) is 9.90. The number of alkyl halides is 2. The number of rotatable bonds is 6. The minimum Gasteiger partial charge on any atom is -0.429 e. The zero-order chi connectivity index (χ0) is 24.6. The van der Waals surface area contributed by atoms with E-state index in [-0.39, 0.29) is 11.1 Å². The molecule has 3 aromatic carbocycles. The summed E-state index contributed by atoms with van der Waals surface area (Å²) in [5.74, 6) is -5.03. The Labute approximate surface area is 194 Å². The molecule has 1 aliphatic rings. The molecule has 0 N–H and O–H groups in total. The lowest BCUT2D eigenvalue weighted by Crippen LogP contribution is -2.25. The van der Waals surface area contributed by atoms with E-state index in [2.05, 4.69) is 11.7 Å². The lowest BCUT2D eigenvalue weighted by atomic mass is 9.93. The maximum absolute atomic E-state index is 14.7. The minimum atomic E-state index is -4.50. The Kier molecular flexibility index (Phi) is 6.65. The highest BCUT2D eigenvalue weighted by Gasteiger charge is 2.41. The van der Waals surface area contributed by atoms with Crippen molar-refractivity contribution in [3.05, 3.63) is 88.5 Å². The van der Waals surface area contributed by atoms with Gasteiger partial charge >= 0.3 is 6.11 Å². The molecule has 180 valence electrons. The highest BCUT2D eigenvalue weighted by atomic mass is 19.3. The molecular formula is C27H24F6O. The van der Waals surface area contributed by atoms with Crippen molar-refractivity contribution >= 4 is 0 Å². The fraction of sp³-hybridized carbons (Fsp3) is 0.333. The van der Waals surface area contributed by atoms with Crippen molar-refractivity contribution in [2.45, 2.75) is 51.6 Å². The van der Waals surface area contributed by atoms with Gasteiger partial charge in [0.1, 0.15) is 34.6 Å². The van der Waals surface area contributed by atoms with Crippen molar-refractivity contribution < 1.29 is 31.1 Å². The van der Waals surface area contributed by atoms with E-state index in [4.69, 9.17) is 0 Å². The SMILES string of the molecule is CCC1CCC(c2ccc(-c3cc(F)c(C(F)(F)Oc4cc(F)c(C)c(F)c4)c(F)c3)cc2)C1. The number of ether oxygens (including phenoxy) is 1. The lowest BCUT2D eigenvalue weighted by molar-refractivity contribution is -0.189. The minimum absolute atomic E-state index is 0.0892. The fourth-order valence-corrected chi connectivity index (χ4v) is 4.59. The zero-order valence-electron chi connectivity index (χ0n) is 18.8. The van der Waals surface area contributed by atoms with Gasteiger partial charge in [-0.25, -0.2) is 17.6 Å². The Bertz CT molecular complexity index is 1140. The maximum atomic E-state index is 14.7. The molecule has 0 aromatic heterocycles. The molecule has 3 aromatic rings. The first kappa shape index (κ1) is 24.2. The second-order valence-electron chi connectivity index (χ2n) is 8.85. The molecule has 0 heterocycles. The van der Waals surface area contributed by atoms with Crippen molar-refractivity contribution in [3.8, 4) is 16.9 Å². The fourth-order valence-electron chi connectivity index (χ4n) is 4.59. The van der Waals surface area contributed by atoms with Gasteiger partial charge in [-0.15, -0.1) is 0 Å². The van der Waals surface area contributed by atoms with Gasteiger partial charge in [0.25, 0.3) is 0 Å². The van der Waals surface area contributed by atoms with E-state index in [0.717, 1.165) is 43.9 Å². The number of benzene rings is 3. The van der Waals surface area contributed by atoms with Gasteiger partial charge in [0, 0.05) is 17.7 Å². The molecule has 7 heteroatoms. The van der Waals surface area contributed by atoms with E-state index in [1.807, 2.05) is 12.1 Å². The highest BCUT2D eigenvalue weighted by molar-refractivity contribution is 5.64. The van der Waals surface area contributed by atoms with Crippen LogP contribution in [0.5, 0.6) is 5.75 Å². The van der Waals surface area contributed by atoms with Gasteiger partial charge in [-0.1, -0.05) is 37.6 Å². The largest absolute Gasteiger partial charge is 0.432 e. The van der Waals surface area contributed by atoms with Crippen molar-refractivity contribution in [3.63, 3.8) is 0 Å². The first-order valence-corrected chi connectivity index (χ1v) is 11.2. The molecule has 0 bridgehead atoms. The molecule has 0 radical (unpaired) electrons. The predicted octanol–water partition coefficient (Wildman–Crippen LogP) is 8.64. The molecule has 0 amide bonds. The van der Waals surface area contributed by atoms with Crippen LogP contribution in [0.2, 0.25) is 0 Å². The second-order valence-corrected chi connectivity index (χ2v) is 8.85. The zero-order valence-corrected chi connectivity index (χ0v) is 18.8. The number of hydrogen-bond donors (Lipinski definition) is 0. The third-order valence-electron chi connectivity index (χ3n) is 6.67. The van der Waals surface area contributed by atoms with Crippen molar-refractivity contribution in [1.29, 1.82) is 0 Å². The molecule has 2 unspecified atom stereocenters. The standard InChI is InChI=1S/C27H24F6O/c1-3-16-4-5-19(10-16)17-6-8-18(9-7-17)20-11-24(30)26(25(31)12-20)27(32,33)34-21-13-22(28)15(2)23(29)14-21/h6-9,11-14,16,19H,3-5,10H2,1-2H3. The summed E-state index contributed by atoms with van der Waals surface area (Å²) in [7, 11) is 0. The summed E-state index contributed by atoms with van der Waals surface area (Å²) >= 11 is 0. The Morgan fingerprint density at radius 1 is 0.824 bits per heavy atom. The Hall–Kier alpha value is -2.96. The second kappa shape index (κ2) is 9.35. The molecule has 1 aliphatic carbocycles. The van der Waals surface area contributed by atoms with Gasteiger partial charge in [-0.3, -0.25) is 0 Å². The molecule has 0 aliphatic heterocycles. The van der Waals surface area contributed by atoms with Gasteiger partial charge in [-0.2, -0.15) is 8.78 Å². The lowest BCUT2D eigenvalue weighted by Gasteiger charge is -2.20. The summed E-state index contributed by atoms with van der Waals surface area (Å²) in [6.45, 7) is 3.29. The molecule has 0 saturated heterocycles. The monoisotopic (exact) mass is 478 g/mol. The first-order valence-electron chi connectivity index (χ1n) is 11.2. The quantitative estimate of drug-likeness (QED) is 0.322. The summed E-state index contributed by atoms with van der Waals surface area (Å²) in [4.78, 5) is 0. The van der Waals surface area contributed by atoms with Crippen LogP contribution in [0.4, 0.5) is 26.3 Å². The normalized spacial score (nSPS) is 18.4. The molecule has 1 saturated carbocycles. The van der Waals surface area contributed by atoms with E-state index >= 15 is 0 Å². The molecule has 4 rings (SSSR count). The van der Waals surface area contributed by atoms with Gasteiger partial charge in [0.2, 0.25) is 0 Å². The summed E-state index contributed by atoms with van der Waals surface area (Å²) < 4.78 is 90.2. The average molecular weight is 478 g/mol. The molecule has 1 nitrogen and oxygen atoms in total. The van der Waals surface area contributed by atoms with Crippen molar-refractivity contribution in [1.82, 2.24) is 0 Å². The van der Waals surface area contributed by atoms with Gasteiger partial charge in [0.05, 0.1) is 0 Å². The summed E-state index contributed by atoms with van der Waals surface area (Å²) in [5.41, 5.74) is -0.307.